The summed E-state index contributed by atoms with van der Waals surface area (Å²) in [7, 11) is 2.11. The minimum atomic E-state index is 0.547. The summed E-state index contributed by atoms with van der Waals surface area (Å²) in [5.74, 6) is 0. The zero-order valence-electron chi connectivity index (χ0n) is 10.1. The number of nitrogens with one attached hydrogen (secondary N) is 1. The molecule has 2 rings (SSSR count). The van der Waals surface area contributed by atoms with Crippen LogP contribution >= 0.6 is 0 Å². The highest BCUT2D eigenvalue weighted by atomic mass is 15.0. The monoisotopic (exact) mass is 206 g/mol. The van der Waals surface area contributed by atoms with Gasteiger partial charge in [0.1, 0.15) is 0 Å². The fourth-order valence-electron chi connectivity index (χ4n) is 2.54. The third kappa shape index (κ3) is 2.63. The highest BCUT2D eigenvalue weighted by molar-refractivity contribution is 5.06. The van der Waals surface area contributed by atoms with Gasteiger partial charge in [0.25, 0.3) is 0 Å². The molecule has 0 aliphatic heterocycles. The molecule has 2 heteroatoms. The van der Waals surface area contributed by atoms with Gasteiger partial charge >= 0.3 is 0 Å². The van der Waals surface area contributed by atoms with E-state index in [9.17, 15) is 0 Å². The lowest BCUT2D eigenvalue weighted by Crippen LogP contribution is -2.27. The summed E-state index contributed by atoms with van der Waals surface area (Å²) in [5.41, 5.74) is 1.92. The molecule has 1 atom stereocenters. The number of hydrogen-bond donors (Lipinski definition) is 1. The molecule has 0 aromatic carbocycles. The van der Waals surface area contributed by atoms with Crippen LogP contribution in [0.3, 0.4) is 0 Å². The SMILES string of the molecule is Cn1cccc1CNC1CCC(C)(C)C1. The zero-order chi connectivity index (χ0) is 10.9. The van der Waals surface area contributed by atoms with Crippen LogP contribution in [0.2, 0.25) is 0 Å². The Kier molecular flexibility index (Phi) is 2.87. The minimum Gasteiger partial charge on any atom is -0.353 e. The van der Waals surface area contributed by atoms with Crippen molar-refractivity contribution in [3.05, 3.63) is 24.0 Å². The molecule has 1 aromatic rings. The van der Waals surface area contributed by atoms with Crippen molar-refractivity contribution in [1.29, 1.82) is 0 Å². The van der Waals surface area contributed by atoms with E-state index in [1.807, 2.05) is 0 Å². The van der Waals surface area contributed by atoms with Crippen molar-refractivity contribution in [2.24, 2.45) is 12.5 Å². The maximum atomic E-state index is 3.66. The van der Waals surface area contributed by atoms with Crippen LogP contribution in [0.4, 0.5) is 0 Å². The molecule has 0 saturated heterocycles. The number of hydrogen-bond acceptors (Lipinski definition) is 1. The molecular formula is C13H22N2. The lowest BCUT2D eigenvalue weighted by atomic mass is 9.92. The van der Waals surface area contributed by atoms with Gasteiger partial charge in [0, 0.05) is 31.5 Å². The highest BCUT2D eigenvalue weighted by Crippen LogP contribution is 2.36. The van der Waals surface area contributed by atoms with Crippen LogP contribution in [0.25, 0.3) is 0 Å². The van der Waals surface area contributed by atoms with E-state index in [4.69, 9.17) is 0 Å². The summed E-state index contributed by atoms with van der Waals surface area (Å²) in [6.45, 7) is 5.75. The van der Waals surface area contributed by atoms with Crippen LogP contribution in [0.5, 0.6) is 0 Å². The van der Waals surface area contributed by atoms with E-state index in [1.165, 1.54) is 25.0 Å². The predicted octanol–water partition coefficient (Wildman–Crippen LogP) is 2.69. The smallest absolute Gasteiger partial charge is 0.0361 e. The Balaban J connectivity index is 1.83. The quantitative estimate of drug-likeness (QED) is 0.804. The molecule has 15 heavy (non-hydrogen) atoms. The molecule has 2 nitrogen and oxygen atoms in total. The molecule has 0 bridgehead atoms. The van der Waals surface area contributed by atoms with Crippen molar-refractivity contribution in [2.75, 3.05) is 0 Å². The summed E-state index contributed by atoms with van der Waals surface area (Å²) in [5, 5.41) is 3.66. The zero-order valence-corrected chi connectivity index (χ0v) is 10.1. The summed E-state index contributed by atoms with van der Waals surface area (Å²) in [6, 6.07) is 5.01. The van der Waals surface area contributed by atoms with Crippen molar-refractivity contribution >= 4 is 0 Å². The summed E-state index contributed by atoms with van der Waals surface area (Å²) < 4.78 is 2.19. The van der Waals surface area contributed by atoms with Gasteiger partial charge in [-0.15, -0.1) is 0 Å². The van der Waals surface area contributed by atoms with E-state index in [0.717, 1.165) is 12.6 Å². The molecule has 1 aliphatic carbocycles. The molecule has 1 aromatic heterocycles. The standard InChI is InChI=1S/C13H22N2/c1-13(2)7-6-11(9-13)14-10-12-5-4-8-15(12)3/h4-5,8,11,14H,6-7,9-10H2,1-3H3. The Labute approximate surface area is 92.7 Å². The molecule has 1 saturated carbocycles. The fraction of sp³-hybridized carbons (Fsp3) is 0.692. The molecule has 1 unspecified atom stereocenters. The van der Waals surface area contributed by atoms with Gasteiger partial charge < -0.3 is 9.88 Å². The van der Waals surface area contributed by atoms with Gasteiger partial charge in [-0.1, -0.05) is 13.8 Å². The van der Waals surface area contributed by atoms with Gasteiger partial charge in [0.15, 0.2) is 0 Å². The summed E-state index contributed by atoms with van der Waals surface area (Å²) in [4.78, 5) is 0. The van der Waals surface area contributed by atoms with Gasteiger partial charge in [-0.05, 0) is 36.8 Å². The highest BCUT2D eigenvalue weighted by Gasteiger charge is 2.30. The fourth-order valence-corrected chi connectivity index (χ4v) is 2.54. The maximum Gasteiger partial charge on any atom is 0.0361 e. The maximum absolute atomic E-state index is 3.66. The van der Waals surface area contributed by atoms with Gasteiger partial charge in [-0.3, -0.25) is 0 Å². The van der Waals surface area contributed by atoms with Crippen LogP contribution in [0.15, 0.2) is 18.3 Å². The molecule has 1 heterocycles. The lowest BCUT2D eigenvalue weighted by molar-refractivity contribution is 0.363. The second-order valence-electron chi connectivity index (χ2n) is 5.60. The first kappa shape index (κ1) is 10.7. The van der Waals surface area contributed by atoms with Gasteiger partial charge in [-0.25, -0.2) is 0 Å². The first-order chi connectivity index (χ1) is 7.07. The third-order valence-corrected chi connectivity index (χ3v) is 3.59. The van der Waals surface area contributed by atoms with Crippen molar-refractivity contribution < 1.29 is 0 Å². The molecule has 0 amide bonds. The number of nitrogens with zero attached hydrogens (tertiary/aromatic N) is 1. The van der Waals surface area contributed by atoms with E-state index in [2.05, 4.69) is 49.1 Å². The average Bonchev–Trinajstić information content (AvgIpc) is 2.69. The largest absolute Gasteiger partial charge is 0.353 e. The lowest BCUT2D eigenvalue weighted by Gasteiger charge is -2.18. The normalized spacial score (nSPS) is 24.6. The molecule has 0 spiro atoms. The number of aryl methyl sites for hydroxylation is 1. The molecule has 1 aliphatic rings. The Morgan fingerprint density at radius 2 is 2.33 bits per heavy atom. The van der Waals surface area contributed by atoms with Gasteiger partial charge in [0.2, 0.25) is 0 Å². The second kappa shape index (κ2) is 4.01. The predicted molar refractivity (Wildman–Crippen MR) is 63.7 cm³/mol. The summed E-state index contributed by atoms with van der Waals surface area (Å²) >= 11 is 0. The van der Waals surface area contributed by atoms with Crippen LogP contribution in [-0.4, -0.2) is 10.6 Å². The Bertz CT molecular complexity index is 325. The van der Waals surface area contributed by atoms with E-state index in [0.29, 0.717) is 5.41 Å². The average molecular weight is 206 g/mol. The van der Waals surface area contributed by atoms with E-state index < -0.39 is 0 Å². The molecule has 1 N–H and O–H groups in total. The number of rotatable bonds is 3. The van der Waals surface area contributed by atoms with Crippen molar-refractivity contribution in [3.8, 4) is 0 Å². The molecule has 0 radical (unpaired) electrons. The molecule has 1 fully saturated rings. The Morgan fingerprint density at radius 3 is 2.87 bits per heavy atom. The van der Waals surface area contributed by atoms with Gasteiger partial charge in [0.05, 0.1) is 0 Å². The second-order valence-corrected chi connectivity index (χ2v) is 5.60. The number of aromatic nitrogens is 1. The van der Waals surface area contributed by atoms with Crippen molar-refractivity contribution in [3.63, 3.8) is 0 Å². The van der Waals surface area contributed by atoms with Crippen molar-refractivity contribution in [2.45, 2.75) is 45.7 Å². The van der Waals surface area contributed by atoms with E-state index in [-0.39, 0.29) is 0 Å². The summed E-state index contributed by atoms with van der Waals surface area (Å²) in [6.07, 6.45) is 6.11. The minimum absolute atomic E-state index is 0.547. The molecule has 84 valence electrons. The Hall–Kier alpha value is -0.760. The van der Waals surface area contributed by atoms with Gasteiger partial charge in [-0.2, -0.15) is 0 Å². The topological polar surface area (TPSA) is 17.0 Å². The molecular weight excluding hydrogens is 184 g/mol. The van der Waals surface area contributed by atoms with Crippen LogP contribution in [0, 0.1) is 5.41 Å². The first-order valence-corrected chi connectivity index (χ1v) is 5.90. The van der Waals surface area contributed by atoms with E-state index >= 15 is 0 Å². The Morgan fingerprint density at radius 1 is 1.53 bits per heavy atom. The third-order valence-electron chi connectivity index (χ3n) is 3.59. The van der Waals surface area contributed by atoms with Crippen LogP contribution in [0.1, 0.15) is 38.8 Å². The first-order valence-electron chi connectivity index (χ1n) is 5.90. The van der Waals surface area contributed by atoms with E-state index in [1.54, 1.807) is 0 Å². The van der Waals surface area contributed by atoms with Crippen LogP contribution < -0.4 is 5.32 Å². The van der Waals surface area contributed by atoms with Crippen LogP contribution in [-0.2, 0) is 13.6 Å². The van der Waals surface area contributed by atoms with Crippen molar-refractivity contribution in [1.82, 2.24) is 9.88 Å².